The number of nitrogen functional groups attached to an aromatic ring is 1. The van der Waals surface area contributed by atoms with Gasteiger partial charge in [-0.2, -0.15) is 8.42 Å². The molecule has 3 aromatic rings. The summed E-state index contributed by atoms with van der Waals surface area (Å²) in [6.07, 6.45) is 1.93. The molecule has 1 aromatic heterocycles. The molecule has 0 aliphatic carbocycles. The van der Waals surface area contributed by atoms with E-state index in [9.17, 15) is 13.0 Å². The van der Waals surface area contributed by atoms with Crippen molar-refractivity contribution >= 4 is 26.8 Å². The van der Waals surface area contributed by atoms with E-state index in [2.05, 4.69) is 11.9 Å². The van der Waals surface area contributed by atoms with Gasteiger partial charge in [0.25, 0.3) is 10.1 Å². The van der Waals surface area contributed by atoms with Crippen LogP contribution in [-0.2, 0) is 16.7 Å². The molecule has 3 rings (SSSR count). The maximum absolute atomic E-state index is 11.7. The summed E-state index contributed by atoms with van der Waals surface area (Å²) in [6, 6.07) is 12.1. The van der Waals surface area contributed by atoms with Crippen molar-refractivity contribution < 1.29 is 13.0 Å². The normalized spacial score (nSPS) is 11.9. The molecule has 2 aromatic carbocycles. The van der Waals surface area contributed by atoms with Crippen molar-refractivity contribution in [2.75, 3.05) is 5.73 Å². The predicted molar refractivity (Wildman–Crippen MR) is 94.3 cm³/mol. The number of hydrogen-bond acceptors (Lipinski definition) is 4. The Morgan fingerprint density at radius 3 is 2.50 bits per heavy atom. The Bertz CT molecular complexity index is 976. The first-order chi connectivity index (χ1) is 11.4. The SMILES string of the molecule is CCCCn1c(-c2ccc(N)cc2)nc2c(S(=O)(=O)O)cccc21. The third-order valence-electron chi connectivity index (χ3n) is 3.92. The van der Waals surface area contributed by atoms with Crippen molar-refractivity contribution in [2.45, 2.75) is 31.2 Å². The summed E-state index contributed by atoms with van der Waals surface area (Å²) in [5, 5.41) is 0. The largest absolute Gasteiger partial charge is 0.399 e. The number of fused-ring (bicyclic) bond motifs is 1. The van der Waals surface area contributed by atoms with E-state index in [1.807, 2.05) is 22.8 Å². The van der Waals surface area contributed by atoms with Crippen LogP contribution in [0.5, 0.6) is 0 Å². The van der Waals surface area contributed by atoms with Crippen molar-refractivity contribution in [3.63, 3.8) is 0 Å². The van der Waals surface area contributed by atoms with Gasteiger partial charge >= 0.3 is 0 Å². The predicted octanol–water partition coefficient (Wildman–Crippen LogP) is 3.33. The third-order valence-corrected chi connectivity index (χ3v) is 4.81. The van der Waals surface area contributed by atoms with Crippen molar-refractivity contribution in [3.8, 4) is 11.4 Å². The molecule has 0 aliphatic heterocycles. The van der Waals surface area contributed by atoms with Crippen LogP contribution >= 0.6 is 0 Å². The zero-order chi connectivity index (χ0) is 17.3. The number of benzene rings is 2. The number of aryl methyl sites for hydroxylation is 1. The summed E-state index contributed by atoms with van der Waals surface area (Å²) in [5.41, 5.74) is 8.20. The van der Waals surface area contributed by atoms with E-state index < -0.39 is 10.1 Å². The Balaban J connectivity index is 2.29. The minimum absolute atomic E-state index is 0.174. The van der Waals surface area contributed by atoms with Crippen LogP contribution < -0.4 is 5.73 Å². The highest BCUT2D eigenvalue weighted by Crippen LogP contribution is 2.29. The van der Waals surface area contributed by atoms with Gasteiger partial charge in [0.15, 0.2) is 0 Å². The topological polar surface area (TPSA) is 98.2 Å². The van der Waals surface area contributed by atoms with Gasteiger partial charge in [0.1, 0.15) is 16.2 Å². The fourth-order valence-electron chi connectivity index (χ4n) is 2.72. The molecule has 0 spiro atoms. The highest BCUT2D eigenvalue weighted by Gasteiger charge is 2.20. The number of unbranched alkanes of at least 4 members (excludes halogenated alkanes) is 1. The quantitative estimate of drug-likeness (QED) is 0.546. The van der Waals surface area contributed by atoms with E-state index in [-0.39, 0.29) is 10.4 Å². The van der Waals surface area contributed by atoms with E-state index in [4.69, 9.17) is 5.73 Å². The second-order valence-electron chi connectivity index (χ2n) is 5.66. The molecule has 0 unspecified atom stereocenters. The van der Waals surface area contributed by atoms with Gasteiger partial charge in [0, 0.05) is 17.8 Å². The first kappa shape index (κ1) is 16.5. The number of para-hydroxylation sites is 1. The lowest BCUT2D eigenvalue weighted by molar-refractivity contribution is 0.484. The zero-order valence-corrected chi connectivity index (χ0v) is 14.1. The van der Waals surface area contributed by atoms with Crippen LogP contribution in [0.15, 0.2) is 47.4 Å². The van der Waals surface area contributed by atoms with Gasteiger partial charge in [-0.15, -0.1) is 0 Å². The van der Waals surface area contributed by atoms with Gasteiger partial charge in [-0.05, 0) is 42.8 Å². The van der Waals surface area contributed by atoms with Crippen LogP contribution in [0.2, 0.25) is 0 Å². The Kier molecular flexibility index (Phi) is 4.29. The van der Waals surface area contributed by atoms with Gasteiger partial charge in [-0.3, -0.25) is 4.55 Å². The molecule has 0 bridgehead atoms. The number of hydrogen-bond donors (Lipinski definition) is 2. The van der Waals surface area contributed by atoms with E-state index in [1.165, 1.54) is 6.07 Å². The smallest absolute Gasteiger partial charge is 0.296 e. The second-order valence-corrected chi connectivity index (χ2v) is 7.05. The zero-order valence-electron chi connectivity index (χ0n) is 13.3. The first-order valence-corrected chi connectivity index (χ1v) is 9.18. The molecule has 6 nitrogen and oxygen atoms in total. The third kappa shape index (κ3) is 3.00. The molecule has 1 heterocycles. The van der Waals surface area contributed by atoms with E-state index in [0.717, 1.165) is 18.4 Å². The van der Waals surface area contributed by atoms with Crippen molar-refractivity contribution in [1.29, 1.82) is 0 Å². The first-order valence-electron chi connectivity index (χ1n) is 7.74. The van der Waals surface area contributed by atoms with Gasteiger partial charge in [-0.1, -0.05) is 19.4 Å². The molecule has 24 heavy (non-hydrogen) atoms. The number of anilines is 1. The van der Waals surface area contributed by atoms with Gasteiger partial charge in [0.2, 0.25) is 0 Å². The molecule has 0 saturated heterocycles. The molecule has 0 amide bonds. The Morgan fingerprint density at radius 1 is 1.17 bits per heavy atom. The summed E-state index contributed by atoms with van der Waals surface area (Å²) in [6.45, 7) is 2.80. The van der Waals surface area contributed by atoms with Gasteiger partial charge < -0.3 is 10.3 Å². The number of rotatable bonds is 5. The Hall–Kier alpha value is -2.38. The van der Waals surface area contributed by atoms with E-state index >= 15 is 0 Å². The summed E-state index contributed by atoms with van der Waals surface area (Å²) in [4.78, 5) is 4.34. The number of nitrogens with zero attached hydrogens (tertiary/aromatic N) is 2. The van der Waals surface area contributed by atoms with Crippen LogP contribution in [0.4, 0.5) is 5.69 Å². The average Bonchev–Trinajstić information content (AvgIpc) is 2.91. The van der Waals surface area contributed by atoms with E-state index in [1.54, 1.807) is 18.2 Å². The monoisotopic (exact) mass is 345 g/mol. The molecule has 0 saturated carbocycles. The molecule has 0 atom stereocenters. The van der Waals surface area contributed by atoms with Crippen LogP contribution in [0.25, 0.3) is 22.4 Å². The average molecular weight is 345 g/mol. The highest BCUT2D eigenvalue weighted by atomic mass is 32.2. The molecule has 0 aliphatic rings. The summed E-state index contributed by atoms with van der Waals surface area (Å²) < 4.78 is 34.8. The Labute approximate surface area is 140 Å². The molecule has 7 heteroatoms. The lowest BCUT2D eigenvalue weighted by atomic mass is 10.2. The minimum atomic E-state index is -4.34. The van der Waals surface area contributed by atoms with Crippen molar-refractivity contribution in [2.24, 2.45) is 0 Å². The molecule has 126 valence electrons. The molecule has 0 radical (unpaired) electrons. The molecular weight excluding hydrogens is 326 g/mol. The lowest BCUT2D eigenvalue weighted by Gasteiger charge is -2.09. The van der Waals surface area contributed by atoms with Crippen LogP contribution in [0.1, 0.15) is 19.8 Å². The second kappa shape index (κ2) is 6.26. The number of aromatic nitrogens is 2. The maximum Gasteiger partial charge on any atom is 0.296 e. The van der Waals surface area contributed by atoms with Crippen LogP contribution in [0, 0.1) is 0 Å². The number of imidazole rings is 1. The summed E-state index contributed by atoms with van der Waals surface area (Å²) >= 11 is 0. The van der Waals surface area contributed by atoms with Crippen molar-refractivity contribution in [3.05, 3.63) is 42.5 Å². The number of nitrogens with two attached hydrogens (primary N) is 1. The lowest BCUT2D eigenvalue weighted by Crippen LogP contribution is -2.01. The highest BCUT2D eigenvalue weighted by molar-refractivity contribution is 7.86. The fraction of sp³-hybridized carbons (Fsp3) is 0.235. The molecule has 0 fully saturated rings. The summed E-state index contributed by atoms with van der Waals surface area (Å²) in [7, 11) is -4.34. The standard InChI is InChI=1S/C17H19N3O3S/c1-2-3-11-20-14-5-4-6-15(24(21,22)23)16(14)19-17(20)12-7-9-13(18)10-8-12/h4-10H,2-3,11,18H2,1H3,(H,21,22,23). The van der Waals surface area contributed by atoms with Crippen molar-refractivity contribution in [1.82, 2.24) is 9.55 Å². The fourth-order valence-corrected chi connectivity index (χ4v) is 3.37. The molecule has 3 N–H and O–H groups in total. The van der Waals surface area contributed by atoms with Crippen LogP contribution in [0.3, 0.4) is 0 Å². The van der Waals surface area contributed by atoms with Gasteiger partial charge in [-0.25, -0.2) is 4.98 Å². The minimum Gasteiger partial charge on any atom is -0.399 e. The Morgan fingerprint density at radius 2 is 1.88 bits per heavy atom. The maximum atomic E-state index is 11.7. The summed E-state index contributed by atoms with van der Waals surface area (Å²) in [5.74, 6) is 0.662. The van der Waals surface area contributed by atoms with Gasteiger partial charge in [0.05, 0.1) is 5.52 Å². The van der Waals surface area contributed by atoms with E-state index in [0.29, 0.717) is 23.6 Å². The van der Waals surface area contributed by atoms with Crippen LogP contribution in [-0.4, -0.2) is 22.5 Å². The molecular formula is C17H19N3O3S.